The van der Waals surface area contributed by atoms with Crippen molar-refractivity contribution in [1.29, 1.82) is 0 Å². The number of hydrogen-bond donors (Lipinski definition) is 0. The van der Waals surface area contributed by atoms with E-state index >= 15 is 0 Å². The third-order valence-corrected chi connectivity index (χ3v) is 4.51. The molecule has 1 aromatic carbocycles. The molecule has 1 rings (SSSR count). The van der Waals surface area contributed by atoms with Crippen molar-refractivity contribution >= 4 is 26.2 Å². The largest absolute Gasteiger partial charge is 0.417 e. The fraction of sp³-hybridized carbons (Fsp3) is 0.455. The molecule has 0 fully saturated rings. The van der Waals surface area contributed by atoms with Crippen molar-refractivity contribution in [1.82, 2.24) is 0 Å². The van der Waals surface area contributed by atoms with Crippen molar-refractivity contribution in [2.45, 2.75) is 20.0 Å². The normalized spacial score (nSPS) is 12.7. The van der Waals surface area contributed by atoms with E-state index in [0.717, 1.165) is 6.07 Å². The lowest BCUT2D eigenvalue weighted by atomic mass is 9.95. The van der Waals surface area contributed by atoms with Gasteiger partial charge in [0.15, 0.2) is 0 Å². The summed E-state index contributed by atoms with van der Waals surface area (Å²) in [7, 11) is -2.34. The summed E-state index contributed by atoms with van der Waals surface area (Å²) in [6.07, 6.45) is -4.60. The van der Waals surface area contributed by atoms with Crippen LogP contribution in [0.2, 0.25) is 0 Å². The maximum absolute atomic E-state index is 13.0. The Hall–Kier alpha value is -0.775. The van der Waals surface area contributed by atoms with E-state index in [2.05, 4.69) is 0 Å². The van der Waals surface area contributed by atoms with E-state index in [-0.39, 0.29) is 13.2 Å². The topological polar surface area (TPSA) is 35.5 Å². The van der Waals surface area contributed by atoms with Gasteiger partial charge in [-0.3, -0.25) is 4.57 Å². The van der Waals surface area contributed by atoms with E-state index in [1.165, 1.54) is 12.1 Å². The molecule has 0 aliphatic rings. The van der Waals surface area contributed by atoms with Crippen LogP contribution in [0.15, 0.2) is 18.2 Å². The average molecular weight is 294 g/mol. The summed E-state index contributed by atoms with van der Waals surface area (Å²) in [5, 5.41) is -0.427. The molecule has 0 saturated heterocycles. The molecule has 0 radical (unpaired) electrons. The second-order valence-electron chi connectivity index (χ2n) is 3.85. The Morgan fingerprint density at radius 1 is 1.21 bits per heavy atom. The quantitative estimate of drug-likeness (QED) is 0.614. The van der Waals surface area contributed by atoms with E-state index in [1.807, 2.05) is 0 Å². The molecular weight excluding hydrogens is 279 g/mol. The maximum atomic E-state index is 13.0. The van der Waals surface area contributed by atoms with Crippen LogP contribution in [-0.4, -0.2) is 21.1 Å². The molecule has 0 aromatic heterocycles. The van der Waals surface area contributed by atoms with Crippen molar-refractivity contribution < 1.29 is 26.8 Å². The first-order chi connectivity index (χ1) is 8.74. The molecule has 0 saturated carbocycles. The molecule has 0 aliphatic carbocycles. The summed E-state index contributed by atoms with van der Waals surface area (Å²) >= 11 is 0. The predicted octanol–water partition coefficient (Wildman–Crippen LogP) is 1.86. The molecule has 3 nitrogen and oxygen atoms in total. The van der Waals surface area contributed by atoms with Crippen LogP contribution in [0.4, 0.5) is 13.2 Å². The highest BCUT2D eigenvalue weighted by molar-refractivity contribution is 7.62. The van der Waals surface area contributed by atoms with Gasteiger partial charge in [-0.15, -0.1) is 0 Å². The highest BCUT2D eigenvalue weighted by Gasteiger charge is 2.40. The monoisotopic (exact) mass is 294 g/mol. The first-order valence-corrected chi connectivity index (χ1v) is 7.36. The number of halogens is 3. The summed E-state index contributed by atoms with van der Waals surface area (Å²) in [5.41, 5.74) is -0.425. The van der Waals surface area contributed by atoms with E-state index in [9.17, 15) is 17.7 Å². The van der Waals surface area contributed by atoms with E-state index in [4.69, 9.17) is 9.05 Å². The van der Waals surface area contributed by atoms with Gasteiger partial charge < -0.3 is 9.05 Å². The van der Waals surface area contributed by atoms with Crippen LogP contribution in [-0.2, 0) is 19.8 Å². The molecule has 0 aliphatic heterocycles. The summed E-state index contributed by atoms with van der Waals surface area (Å²) in [6, 6.07) is 3.42. The van der Waals surface area contributed by atoms with Crippen molar-refractivity contribution in [2.75, 3.05) is 13.2 Å². The Labute approximate surface area is 111 Å². The van der Waals surface area contributed by atoms with Crippen LogP contribution < -0.4 is 10.8 Å². The highest BCUT2D eigenvalue weighted by atomic mass is 31.2. The van der Waals surface area contributed by atoms with E-state index < -0.39 is 24.6 Å². The Bertz CT molecular complexity index is 481. The average Bonchev–Trinajstić information content (AvgIpc) is 2.28. The van der Waals surface area contributed by atoms with Crippen LogP contribution in [0.5, 0.6) is 0 Å². The minimum atomic E-state index is -4.60. The maximum Gasteiger partial charge on any atom is 0.417 e. The lowest BCUT2D eigenvalue weighted by molar-refractivity contribution is -0.136. The zero-order valence-corrected chi connectivity index (χ0v) is 11.8. The van der Waals surface area contributed by atoms with Gasteiger partial charge in [0, 0.05) is 0 Å². The molecule has 19 heavy (non-hydrogen) atoms. The van der Waals surface area contributed by atoms with Crippen molar-refractivity contribution in [3.8, 4) is 0 Å². The molecule has 0 unspecified atom stereocenters. The second kappa shape index (κ2) is 6.12. The zero-order valence-electron chi connectivity index (χ0n) is 11.0. The van der Waals surface area contributed by atoms with Gasteiger partial charge in [-0.05, 0) is 19.9 Å². The third kappa shape index (κ3) is 3.84. The van der Waals surface area contributed by atoms with Crippen LogP contribution in [0.3, 0.4) is 0 Å². The molecule has 0 spiro atoms. The molecule has 0 heterocycles. The first kappa shape index (κ1) is 16.3. The first-order valence-electron chi connectivity index (χ1n) is 5.82. The molecule has 106 valence electrons. The molecule has 0 bridgehead atoms. The zero-order chi connectivity index (χ0) is 14.7. The smallest absolute Gasteiger partial charge is 0.305 e. The van der Waals surface area contributed by atoms with E-state index in [0.29, 0.717) is 5.46 Å². The molecular formula is C11H15BF3O3P. The van der Waals surface area contributed by atoms with Gasteiger partial charge in [0.1, 0.15) is 7.85 Å². The SMILES string of the molecule is Bc1ccc(C(F)(F)F)c(P(=O)(OCC)OCC)c1. The molecule has 8 heteroatoms. The number of rotatable bonds is 5. The Kier molecular flexibility index (Phi) is 5.24. The van der Waals surface area contributed by atoms with Gasteiger partial charge in [-0.1, -0.05) is 17.6 Å². The predicted molar refractivity (Wildman–Crippen MR) is 70.1 cm³/mol. The van der Waals surface area contributed by atoms with Crippen LogP contribution in [0.1, 0.15) is 19.4 Å². The lowest BCUT2D eigenvalue weighted by Crippen LogP contribution is -2.25. The van der Waals surface area contributed by atoms with Crippen molar-refractivity contribution in [3.63, 3.8) is 0 Å². The number of benzene rings is 1. The van der Waals surface area contributed by atoms with Gasteiger partial charge in [0.2, 0.25) is 0 Å². The minimum Gasteiger partial charge on any atom is -0.305 e. The van der Waals surface area contributed by atoms with Gasteiger partial charge in [0.05, 0.1) is 24.1 Å². The van der Waals surface area contributed by atoms with Crippen molar-refractivity contribution in [2.24, 2.45) is 0 Å². The summed E-state index contributed by atoms with van der Waals surface area (Å²) in [6.45, 7) is 3.11. The summed E-state index contributed by atoms with van der Waals surface area (Å²) in [5.74, 6) is 0. The minimum absolute atomic E-state index is 0.00250. The Morgan fingerprint density at radius 3 is 2.16 bits per heavy atom. The van der Waals surface area contributed by atoms with Crippen LogP contribution in [0.25, 0.3) is 0 Å². The lowest BCUT2D eigenvalue weighted by Gasteiger charge is -2.21. The van der Waals surface area contributed by atoms with Crippen LogP contribution >= 0.6 is 7.60 Å². The molecule has 0 amide bonds. The van der Waals surface area contributed by atoms with Gasteiger partial charge in [-0.25, -0.2) is 0 Å². The summed E-state index contributed by atoms with van der Waals surface area (Å²) < 4.78 is 61.3. The summed E-state index contributed by atoms with van der Waals surface area (Å²) in [4.78, 5) is 0. The van der Waals surface area contributed by atoms with Gasteiger partial charge >= 0.3 is 13.8 Å². The number of alkyl halides is 3. The molecule has 0 N–H and O–H groups in total. The fourth-order valence-electron chi connectivity index (χ4n) is 1.62. The Morgan fingerprint density at radius 2 is 1.74 bits per heavy atom. The molecule has 1 aromatic rings. The van der Waals surface area contributed by atoms with Gasteiger partial charge in [0.25, 0.3) is 0 Å². The van der Waals surface area contributed by atoms with Crippen molar-refractivity contribution in [3.05, 3.63) is 23.8 Å². The fourth-order valence-corrected chi connectivity index (χ4v) is 3.51. The Balaban J connectivity index is 3.44. The highest BCUT2D eigenvalue weighted by Crippen LogP contribution is 2.49. The molecule has 0 atom stereocenters. The van der Waals surface area contributed by atoms with Gasteiger partial charge in [-0.2, -0.15) is 13.2 Å². The second-order valence-corrected chi connectivity index (χ2v) is 5.84. The van der Waals surface area contributed by atoms with Crippen LogP contribution in [0, 0.1) is 0 Å². The third-order valence-electron chi connectivity index (χ3n) is 2.35. The number of hydrogen-bond acceptors (Lipinski definition) is 3. The van der Waals surface area contributed by atoms with E-state index in [1.54, 1.807) is 21.7 Å². The standard InChI is InChI=1S/C11H15BF3O3P/c1-3-17-19(16,18-4-2)10-7-8(12)5-6-9(10)11(13,14)15/h5-7H,3-4,12H2,1-2H3.